The van der Waals surface area contributed by atoms with Crippen molar-refractivity contribution in [2.24, 2.45) is 0 Å². The number of rotatable bonds is 7. The molecule has 0 saturated carbocycles. The molecule has 0 radical (unpaired) electrons. The monoisotopic (exact) mass is 890 g/mol. The van der Waals surface area contributed by atoms with Gasteiger partial charge in [0.2, 0.25) is 0 Å². The Morgan fingerprint density at radius 3 is 1.11 bits per heavy atom. The Morgan fingerprint density at radius 1 is 0.257 bits per heavy atom. The zero-order valence-corrected chi connectivity index (χ0v) is 38.0. The van der Waals surface area contributed by atoms with Gasteiger partial charge in [-0.25, -0.2) is 9.97 Å². The first kappa shape index (κ1) is 39.8. The molecule has 0 bridgehead atoms. The molecule has 2 heterocycles. The van der Waals surface area contributed by atoms with Gasteiger partial charge in [0, 0.05) is 21.9 Å². The van der Waals surface area contributed by atoms with Crippen LogP contribution in [0.1, 0.15) is 0 Å². The van der Waals surface area contributed by atoms with Crippen LogP contribution in [0.15, 0.2) is 255 Å². The van der Waals surface area contributed by atoms with E-state index in [9.17, 15) is 0 Å². The van der Waals surface area contributed by atoms with E-state index in [-0.39, 0.29) is 0 Å². The predicted molar refractivity (Wildman–Crippen MR) is 293 cm³/mol. The lowest BCUT2D eigenvalue weighted by Crippen LogP contribution is -2.00. The fourth-order valence-electron chi connectivity index (χ4n) is 10.9. The first-order valence-corrected chi connectivity index (χ1v) is 23.9. The third kappa shape index (κ3) is 6.38. The molecule has 0 aliphatic rings. The van der Waals surface area contributed by atoms with E-state index in [1.807, 2.05) is 0 Å². The molecular weight excluding hydrogens is 849 g/mol. The number of nitrogens with zero attached hydrogens (tertiary/aromatic N) is 4. The van der Waals surface area contributed by atoms with Crippen LogP contribution >= 0.6 is 0 Å². The van der Waals surface area contributed by atoms with Gasteiger partial charge in [-0.2, -0.15) is 0 Å². The van der Waals surface area contributed by atoms with Gasteiger partial charge < -0.3 is 0 Å². The molecule has 0 amide bonds. The second-order valence-electron chi connectivity index (χ2n) is 18.1. The molecule has 326 valence electrons. The Balaban J connectivity index is 1.05. The van der Waals surface area contributed by atoms with Crippen molar-refractivity contribution in [1.82, 2.24) is 19.1 Å². The normalized spacial score (nSPS) is 11.7. The number of fused-ring (bicyclic) bond motifs is 6. The van der Waals surface area contributed by atoms with Crippen LogP contribution in [-0.2, 0) is 0 Å². The molecule has 0 unspecified atom stereocenters. The highest BCUT2D eigenvalue weighted by Gasteiger charge is 2.22. The molecule has 12 aromatic carbocycles. The fraction of sp³-hybridized carbons (Fsp3) is 0. The number of aromatic nitrogens is 4. The van der Waals surface area contributed by atoms with E-state index in [2.05, 4.69) is 264 Å². The molecule has 14 rings (SSSR count). The second kappa shape index (κ2) is 16.2. The zero-order chi connectivity index (χ0) is 46.1. The van der Waals surface area contributed by atoms with E-state index in [0.29, 0.717) is 0 Å². The largest absolute Gasteiger partial charge is 0.292 e. The van der Waals surface area contributed by atoms with Crippen molar-refractivity contribution in [2.75, 3.05) is 0 Å². The zero-order valence-electron chi connectivity index (χ0n) is 38.0. The smallest absolute Gasteiger partial charge is 0.145 e. The number of benzene rings is 12. The predicted octanol–water partition coefficient (Wildman–Crippen LogP) is 17.3. The number of para-hydroxylation sites is 4. The highest BCUT2D eigenvalue weighted by molar-refractivity contribution is 6.19. The van der Waals surface area contributed by atoms with Gasteiger partial charge in [0.15, 0.2) is 0 Å². The van der Waals surface area contributed by atoms with Gasteiger partial charge in [-0.1, -0.05) is 200 Å². The Kier molecular flexibility index (Phi) is 9.17. The summed E-state index contributed by atoms with van der Waals surface area (Å²) < 4.78 is 4.71. The third-order valence-electron chi connectivity index (χ3n) is 14.1. The van der Waals surface area contributed by atoms with E-state index < -0.39 is 0 Å². The lowest BCUT2D eigenvalue weighted by atomic mass is 9.85. The Labute approximate surface area is 404 Å². The van der Waals surface area contributed by atoms with E-state index in [0.717, 1.165) is 78.1 Å². The molecule has 0 saturated heterocycles. The van der Waals surface area contributed by atoms with Gasteiger partial charge in [-0.15, -0.1) is 0 Å². The van der Waals surface area contributed by atoms with E-state index in [1.165, 1.54) is 54.6 Å². The molecule has 2 aromatic heterocycles. The van der Waals surface area contributed by atoms with Gasteiger partial charge in [0.1, 0.15) is 11.6 Å². The molecule has 0 spiro atoms. The Bertz CT molecular complexity index is 4080. The average molecular weight is 891 g/mol. The fourth-order valence-corrected chi connectivity index (χ4v) is 10.9. The summed E-state index contributed by atoms with van der Waals surface area (Å²) in [6, 6.07) is 92.1. The van der Waals surface area contributed by atoms with Crippen molar-refractivity contribution in [3.8, 4) is 67.5 Å². The third-order valence-corrected chi connectivity index (χ3v) is 14.1. The maximum absolute atomic E-state index is 5.27. The molecule has 14 aromatic rings. The minimum atomic E-state index is 0.915. The van der Waals surface area contributed by atoms with Crippen LogP contribution in [0.4, 0.5) is 0 Å². The van der Waals surface area contributed by atoms with Gasteiger partial charge in [0.05, 0.1) is 33.4 Å². The van der Waals surface area contributed by atoms with Gasteiger partial charge in [0.25, 0.3) is 0 Å². The number of hydrogen-bond donors (Lipinski definition) is 0. The van der Waals surface area contributed by atoms with Gasteiger partial charge >= 0.3 is 0 Å². The van der Waals surface area contributed by atoms with Crippen LogP contribution in [0, 0.1) is 0 Å². The van der Waals surface area contributed by atoms with Crippen LogP contribution in [-0.4, -0.2) is 19.1 Å². The van der Waals surface area contributed by atoms with Crippen LogP contribution in [0.5, 0.6) is 0 Å². The first-order chi connectivity index (χ1) is 34.7. The van der Waals surface area contributed by atoms with Crippen molar-refractivity contribution < 1.29 is 0 Å². The molecule has 0 aliphatic heterocycles. The quantitative estimate of drug-likeness (QED) is 0.149. The lowest BCUT2D eigenvalue weighted by Gasteiger charge is -2.20. The molecule has 0 atom stereocenters. The summed E-state index contributed by atoms with van der Waals surface area (Å²) in [5.74, 6) is 1.83. The molecule has 0 aliphatic carbocycles. The maximum atomic E-state index is 5.27. The van der Waals surface area contributed by atoms with Crippen molar-refractivity contribution >= 4 is 65.2 Å². The van der Waals surface area contributed by atoms with E-state index in [1.54, 1.807) is 0 Å². The van der Waals surface area contributed by atoms with Gasteiger partial charge in [-0.05, 0) is 120 Å². The minimum Gasteiger partial charge on any atom is -0.292 e. The Morgan fingerprint density at radius 2 is 0.643 bits per heavy atom. The van der Waals surface area contributed by atoms with Crippen molar-refractivity contribution in [3.05, 3.63) is 255 Å². The minimum absolute atomic E-state index is 0.915. The first-order valence-electron chi connectivity index (χ1n) is 23.9. The maximum Gasteiger partial charge on any atom is 0.145 e. The van der Waals surface area contributed by atoms with E-state index >= 15 is 0 Å². The molecule has 4 nitrogen and oxygen atoms in total. The SMILES string of the molecule is c1ccc(-c2c3cccc(-c4cc(-n5c(-c6ccccc6)nc6ccccc65)c5ccccc5c4)c3cc3c(-c4cc(-n5c(-c6ccccc6)nc6ccccc65)c5ccccc5c4)cccc23)cc1. The summed E-state index contributed by atoms with van der Waals surface area (Å²) in [7, 11) is 0. The van der Waals surface area contributed by atoms with Crippen LogP contribution in [0.25, 0.3) is 133 Å². The number of imidazole rings is 2. The summed E-state index contributed by atoms with van der Waals surface area (Å²) in [4.78, 5) is 10.5. The summed E-state index contributed by atoms with van der Waals surface area (Å²) in [5.41, 5.74) is 15.4. The molecule has 0 fully saturated rings. The van der Waals surface area contributed by atoms with Crippen molar-refractivity contribution in [1.29, 1.82) is 0 Å². The lowest BCUT2D eigenvalue weighted by molar-refractivity contribution is 1.12. The van der Waals surface area contributed by atoms with Crippen molar-refractivity contribution in [3.63, 3.8) is 0 Å². The van der Waals surface area contributed by atoms with E-state index in [4.69, 9.17) is 9.97 Å². The molecular formula is C66H42N4. The Hall–Kier alpha value is -9.38. The second-order valence-corrected chi connectivity index (χ2v) is 18.1. The average Bonchev–Trinajstić information content (AvgIpc) is 4.02. The molecule has 0 N–H and O–H groups in total. The topological polar surface area (TPSA) is 35.6 Å². The number of hydrogen-bond acceptors (Lipinski definition) is 2. The highest BCUT2D eigenvalue weighted by Crippen LogP contribution is 2.46. The van der Waals surface area contributed by atoms with Gasteiger partial charge in [-0.3, -0.25) is 9.13 Å². The summed E-state index contributed by atoms with van der Waals surface area (Å²) >= 11 is 0. The summed E-state index contributed by atoms with van der Waals surface area (Å²) in [6.45, 7) is 0. The van der Waals surface area contributed by atoms with Crippen LogP contribution < -0.4 is 0 Å². The van der Waals surface area contributed by atoms with Crippen LogP contribution in [0.2, 0.25) is 0 Å². The van der Waals surface area contributed by atoms with Crippen molar-refractivity contribution in [2.45, 2.75) is 0 Å². The summed E-state index contributed by atoms with van der Waals surface area (Å²) in [6.07, 6.45) is 0. The standard InChI is InChI=1S/C66H42N4/c1-4-20-43(21-5-1)64-54-32-18-30-50(48-38-46-26-10-12-28-52(46)62(40-48)69-60-36-16-14-34-58(60)67-65(69)44-22-6-2-7-23-44)56(54)42-57-51(31-19-33-55(57)64)49-39-47-27-11-13-29-53(47)63(41-49)70-61-37-17-15-35-59(61)68-66(70)45-24-8-3-9-25-45/h1-42H. The molecule has 4 heteroatoms. The molecule has 70 heavy (non-hydrogen) atoms. The van der Waals surface area contributed by atoms with Crippen LogP contribution in [0.3, 0.4) is 0 Å². The highest BCUT2D eigenvalue weighted by atomic mass is 15.1. The summed E-state index contributed by atoms with van der Waals surface area (Å²) in [5, 5.41) is 9.45.